The maximum Gasteiger partial charge on any atom is 0.0602 e. The Morgan fingerprint density at radius 3 is 2.53 bits per heavy atom. The van der Waals surface area contributed by atoms with Crippen LogP contribution in [0.5, 0.6) is 0 Å². The van der Waals surface area contributed by atoms with Crippen LogP contribution in [0.15, 0.2) is 28.7 Å². The highest BCUT2D eigenvalue weighted by Crippen LogP contribution is 2.34. The van der Waals surface area contributed by atoms with Gasteiger partial charge in [0, 0.05) is 19.2 Å². The van der Waals surface area contributed by atoms with Gasteiger partial charge in [0.15, 0.2) is 0 Å². The Kier molecular flexibility index (Phi) is 5.07. The second kappa shape index (κ2) is 6.40. The summed E-state index contributed by atoms with van der Waals surface area (Å²) in [4.78, 5) is 2.69. The average Bonchev–Trinajstić information content (AvgIpc) is 2.66. The fourth-order valence-electron chi connectivity index (χ4n) is 2.26. The number of halogens is 2. The summed E-state index contributed by atoms with van der Waals surface area (Å²) in [7, 11) is 0. The minimum absolute atomic E-state index is 0.163. The summed E-state index contributed by atoms with van der Waals surface area (Å²) >= 11 is 11.7. The first-order valence-corrected chi connectivity index (χ1v) is 8.27. The van der Waals surface area contributed by atoms with Gasteiger partial charge in [-0.25, -0.2) is 0 Å². The Balaban J connectivity index is 2.48. The largest absolute Gasteiger partial charge is 0.306 e. The van der Waals surface area contributed by atoms with Gasteiger partial charge in [-0.2, -0.15) is 0 Å². The highest BCUT2D eigenvalue weighted by atomic mass is 79.9. The molecule has 1 N–H and O–H groups in total. The van der Waals surface area contributed by atoms with Crippen LogP contribution in [0.4, 0.5) is 0 Å². The van der Waals surface area contributed by atoms with Crippen LogP contribution in [0.1, 0.15) is 33.8 Å². The third-order valence-corrected chi connectivity index (χ3v) is 4.87. The molecule has 4 heteroatoms. The number of rotatable bonds is 4. The van der Waals surface area contributed by atoms with Crippen molar-refractivity contribution in [1.29, 1.82) is 0 Å². The molecule has 2 aromatic rings. The second-order valence-corrected chi connectivity index (χ2v) is 7.31. The highest BCUT2D eigenvalue weighted by Gasteiger charge is 2.19. The van der Waals surface area contributed by atoms with Gasteiger partial charge >= 0.3 is 0 Å². The highest BCUT2D eigenvalue weighted by molar-refractivity contribution is 9.10. The fourth-order valence-corrected chi connectivity index (χ4v) is 4.01. The number of benzene rings is 1. The van der Waals surface area contributed by atoms with Gasteiger partial charge in [-0.15, -0.1) is 11.3 Å². The first-order chi connectivity index (χ1) is 9.02. The predicted molar refractivity (Wildman–Crippen MR) is 88.5 cm³/mol. The lowest BCUT2D eigenvalue weighted by Gasteiger charge is -2.20. The Morgan fingerprint density at radius 2 is 2.00 bits per heavy atom. The standard InChI is InChI=1S/C15H17BrClNS/c1-4-18-15(13-7-9(2)19-10(13)3)12-6-5-11(16)8-14(12)17/h5-8,15,18H,4H2,1-3H3. The second-order valence-electron chi connectivity index (χ2n) is 4.53. The van der Waals surface area contributed by atoms with E-state index in [9.17, 15) is 0 Å². The smallest absolute Gasteiger partial charge is 0.0602 e. The molecule has 0 aliphatic carbocycles. The molecule has 1 aromatic heterocycles. The van der Waals surface area contributed by atoms with E-state index in [1.165, 1.54) is 15.3 Å². The van der Waals surface area contributed by atoms with Crippen LogP contribution in [0.3, 0.4) is 0 Å². The van der Waals surface area contributed by atoms with Gasteiger partial charge in [0.2, 0.25) is 0 Å². The average molecular weight is 359 g/mol. The van der Waals surface area contributed by atoms with E-state index in [-0.39, 0.29) is 6.04 Å². The normalized spacial score (nSPS) is 12.7. The molecule has 0 bridgehead atoms. The van der Waals surface area contributed by atoms with Gasteiger partial charge in [0.25, 0.3) is 0 Å². The molecule has 1 heterocycles. The molecule has 0 amide bonds. The molecular weight excluding hydrogens is 342 g/mol. The van der Waals surface area contributed by atoms with Gasteiger partial charge in [-0.05, 0) is 49.7 Å². The van der Waals surface area contributed by atoms with Crippen molar-refractivity contribution in [1.82, 2.24) is 5.32 Å². The van der Waals surface area contributed by atoms with E-state index in [2.05, 4.69) is 54.2 Å². The Labute approximate surface area is 132 Å². The minimum Gasteiger partial charge on any atom is -0.306 e. The van der Waals surface area contributed by atoms with Crippen LogP contribution in [-0.2, 0) is 0 Å². The third-order valence-electron chi connectivity index (χ3n) is 3.07. The van der Waals surface area contributed by atoms with E-state index >= 15 is 0 Å². The number of nitrogens with one attached hydrogen (secondary N) is 1. The molecule has 0 radical (unpaired) electrons. The van der Waals surface area contributed by atoms with E-state index in [4.69, 9.17) is 11.6 Å². The quantitative estimate of drug-likeness (QED) is 0.763. The van der Waals surface area contributed by atoms with Gasteiger partial charge in [0.1, 0.15) is 0 Å². The molecule has 1 nitrogen and oxygen atoms in total. The minimum atomic E-state index is 0.163. The number of thiophene rings is 1. The van der Waals surface area contributed by atoms with Crippen LogP contribution in [0, 0.1) is 13.8 Å². The van der Waals surface area contributed by atoms with E-state index in [0.29, 0.717) is 0 Å². The number of hydrogen-bond acceptors (Lipinski definition) is 2. The SMILES string of the molecule is CCNC(c1ccc(Br)cc1Cl)c1cc(C)sc1C. The van der Waals surface area contributed by atoms with Gasteiger partial charge < -0.3 is 5.32 Å². The lowest BCUT2D eigenvalue weighted by molar-refractivity contribution is 0.630. The van der Waals surface area contributed by atoms with Gasteiger partial charge in [0.05, 0.1) is 6.04 Å². The topological polar surface area (TPSA) is 12.0 Å². The molecular formula is C15H17BrClNS. The van der Waals surface area contributed by atoms with Crippen LogP contribution in [-0.4, -0.2) is 6.54 Å². The Bertz CT molecular complexity index is 580. The summed E-state index contributed by atoms with van der Waals surface area (Å²) in [5.41, 5.74) is 2.46. The fraction of sp³-hybridized carbons (Fsp3) is 0.333. The van der Waals surface area contributed by atoms with Crippen LogP contribution in [0.2, 0.25) is 5.02 Å². The van der Waals surface area contributed by atoms with Gasteiger partial charge in [-0.3, -0.25) is 0 Å². The molecule has 0 fully saturated rings. The molecule has 1 atom stereocenters. The molecule has 2 rings (SSSR count). The van der Waals surface area contributed by atoms with Crippen molar-refractivity contribution in [3.05, 3.63) is 54.6 Å². The third kappa shape index (κ3) is 3.40. The zero-order chi connectivity index (χ0) is 14.0. The molecule has 1 unspecified atom stereocenters. The lowest BCUT2D eigenvalue weighted by Crippen LogP contribution is -2.22. The van der Waals surface area contributed by atoms with E-state index in [0.717, 1.165) is 21.6 Å². The summed E-state index contributed by atoms with van der Waals surface area (Å²) in [6.07, 6.45) is 0. The Hall–Kier alpha value is -0.350. The van der Waals surface area contributed by atoms with Crippen molar-refractivity contribution >= 4 is 38.9 Å². The maximum absolute atomic E-state index is 6.40. The molecule has 102 valence electrons. The molecule has 1 aromatic carbocycles. The number of hydrogen-bond donors (Lipinski definition) is 1. The summed E-state index contributed by atoms with van der Waals surface area (Å²) in [6.45, 7) is 7.34. The van der Waals surface area contributed by atoms with Gasteiger partial charge in [-0.1, -0.05) is 40.5 Å². The summed E-state index contributed by atoms with van der Waals surface area (Å²) in [6, 6.07) is 8.50. The molecule has 0 aliphatic rings. The predicted octanol–water partition coefficient (Wildman–Crippen LogP) is 5.48. The maximum atomic E-state index is 6.40. The van der Waals surface area contributed by atoms with Crippen LogP contribution >= 0.6 is 38.9 Å². The zero-order valence-corrected chi connectivity index (χ0v) is 14.4. The molecule has 0 spiro atoms. The number of aryl methyl sites for hydroxylation is 2. The first kappa shape index (κ1) is 15.0. The van der Waals surface area contributed by atoms with E-state index in [1.807, 2.05) is 23.5 Å². The summed E-state index contributed by atoms with van der Waals surface area (Å²) in [5.74, 6) is 0. The molecule has 0 aliphatic heterocycles. The van der Waals surface area contributed by atoms with Crippen molar-refractivity contribution in [3.63, 3.8) is 0 Å². The van der Waals surface area contributed by atoms with Crippen LogP contribution < -0.4 is 5.32 Å². The van der Waals surface area contributed by atoms with E-state index < -0.39 is 0 Å². The van der Waals surface area contributed by atoms with Crippen molar-refractivity contribution in [2.45, 2.75) is 26.8 Å². The molecule has 19 heavy (non-hydrogen) atoms. The van der Waals surface area contributed by atoms with Crippen LogP contribution in [0.25, 0.3) is 0 Å². The van der Waals surface area contributed by atoms with Crippen molar-refractivity contribution in [2.24, 2.45) is 0 Å². The lowest BCUT2D eigenvalue weighted by atomic mass is 9.99. The zero-order valence-electron chi connectivity index (χ0n) is 11.3. The Morgan fingerprint density at radius 1 is 1.26 bits per heavy atom. The summed E-state index contributed by atoms with van der Waals surface area (Å²) < 4.78 is 1.01. The van der Waals surface area contributed by atoms with Crippen molar-refractivity contribution in [3.8, 4) is 0 Å². The first-order valence-electron chi connectivity index (χ1n) is 6.28. The monoisotopic (exact) mass is 357 g/mol. The van der Waals surface area contributed by atoms with Crippen molar-refractivity contribution in [2.75, 3.05) is 6.54 Å². The van der Waals surface area contributed by atoms with Crippen molar-refractivity contribution < 1.29 is 0 Å². The molecule has 0 saturated carbocycles. The molecule has 0 saturated heterocycles. The van der Waals surface area contributed by atoms with E-state index in [1.54, 1.807) is 0 Å². The summed E-state index contributed by atoms with van der Waals surface area (Å²) in [5, 5.41) is 4.33.